The molecular weight excluding hydrogens is 260 g/mol. The van der Waals surface area contributed by atoms with E-state index in [0.29, 0.717) is 5.92 Å². The van der Waals surface area contributed by atoms with Gasteiger partial charge in [-0.3, -0.25) is 4.68 Å². The van der Waals surface area contributed by atoms with Crippen LogP contribution in [0.15, 0.2) is 0 Å². The second-order valence-corrected chi connectivity index (χ2v) is 6.80. The van der Waals surface area contributed by atoms with E-state index in [-0.39, 0.29) is 0 Å². The normalized spacial score (nSPS) is 16.2. The van der Waals surface area contributed by atoms with Crippen molar-refractivity contribution >= 4 is 0 Å². The van der Waals surface area contributed by atoms with E-state index in [2.05, 4.69) is 42.6 Å². The van der Waals surface area contributed by atoms with Crippen LogP contribution in [-0.4, -0.2) is 40.9 Å². The lowest BCUT2D eigenvalue weighted by atomic mass is 10.2. The van der Waals surface area contributed by atoms with Crippen LogP contribution in [0.1, 0.15) is 50.1 Å². The lowest BCUT2D eigenvalue weighted by Gasteiger charge is -2.14. The molecule has 0 saturated carbocycles. The molecule has 0 aromatic carbocycles. The van der Waals surface area contributed by atoms with Crippen LogP contribution in [0.2, 0.25) is 0 Å². The van der Waals surface area contributed by atoms with E-state index in [9.17, 15) is 0 Å². The molecule has 1 N–H and O–H groups in total. The monoisotopic (exact) mass is 292 g/mol. The summed E-state index contributed by atoms with van der Waals surface area (Å²) in [7, 11) is 0. The van der Waals surface area contributed by atoms with Gasteiger partial charge in [0.1, 0.15) is 0 Å². The maximum atomic E-state index is 4.73. The minimum Gasteiger partial charge on any atom is -0.312 e. The molecule has 0 amide bonds. The Morgan fingerprint density at radius 1 is 1.14 bits per heavy atom. The van der Waals surface area contributed by atoms with Crippen molar-refractivity contribution in [2.24, 2.45) is 5.92 Å². The van der Waals surface area contributed by atoms with Crippen LogP contribution in [0.25, 0.3) is 0 Å². The summed E-state index contributed by atoms with van der Waals surface area (Å²) in [6.07, 6.45) is 3.97. The number of nitrogens with zero attached hydrogens (tertiary/aromatic N) is 3. The van der Waals surface area contributed by atoms with Crippen molar-refractivity contribution in [2.45, 2.75) is 60.0 Å². The molecule has 0 unspecified atom stereocenters. The van der Waals surface area contributed by atoms with Crippen molar-refractivity contribution in [3.8, 4) is 0 Å². The molecule has 120 valence electrons. The first-order valence-corrected chi connectivity index (χ1v) is 8.54. The van der Waals surface area contributed by atoms with Crippen LogP contribution in [0.5, 0.6) is 0 Å². The first-order chi connectivity index (χ1) is 10.1. The minimum atomic E-state index is 0.695. The first-order valence-electron chi connectivity index (χ1n) is 8.54. The Morgan fingerprint density at radius 2 is 1.86 bits per heavy atom. The van der Waals surface area contributed by atoms with Crippen molar-refractivity contribution < 1.29 is 0 Å². The van der Waals surface area contributed by atoms with Gasteiger partial charge in [-0.15, -0.1) is 0 Å². The molecule has 1 aliphatic rings. The average molecular weight is 292 g/mol. The van der Waals surface area contributed by atoms with Gasteiger partial charge in [0.25, 0.3) is 0 Å². The maximum Gasteiger partial charge on any atom is 0.0641 e. The molecule has 0 atom stereocenters. The predicted octanol–water partition coefficient (Wildman–Crippen LogP) is 2.73. The van der Waals surface area contributed by atoms with Gasteiger partial charge in [0.15, 0.2) is 0 Å². The topological polar surface area (TPSA) is 33.1 Å². The fourth-order valence-corrected chi connectivity index (χ4v) is 3.14. The Morgan fingerprint density at radius 3 is 2.52 bits per heavy atom. The number of aromatic nitrogens is 2. The lowest BCUT2D eigenvalue weighted by Crippen LogP contribution is -2.22. The summed E-state index contributed by atoms with van der Waals surface area (Å²) in [5.41, 5.74) is 3.91. The average Bonchev–Trinajstić information content (AvgIpc) is 3.02. The molecule has 0 spiro atoms. The van der Waals surface area contributed by atoms with Crippen molar-refractivity contribution in [2.75, 3.05) is 26.2 Å². The molecule has 1 fully saturated rings. The van der Waals surface area contributed by atoms with Gasteiger partial charge in [-0.05, 0) is 65.2 Å². The molecule has 2 heterocycles. The Labute approximate surface area is 129 Å². The number of nitrogens with one attached hydrogen (secondary N) is 1. The highest BCUT2D eigenvalue weighted by molar-refractivity contribution is 5.24. The predicted molar refractivity (Wildman–Crippen MR) is 88.5 cm³/mol. The highest BCUT2D eigenvalue weighted by Gasteiger charge is 2.13. The van der Waals surface area contributed by atoms with Crippen LogP contribution in [0.3, 0.4) is 0 Å². The van der Waals surface area contributed by atoms with E-state index in [1.807, 2.05) is 0 Å². The quantitative estimate of drug-likeness (QED) is 0.800. The van der Waals surface area contributed by atoms with Gasteiger partial charge >= 0.3 is 0 Å². The highest BCUT2D eigenvalue weighted by atomic mass is 15.3. The minimum absolute atomic E-state index is 0.695. The largest absolute Gasteiger partial charge is 0.312 e. The Hall–Kier alpha value is -0.870. The zero-order valence-electron chi connectivity index (χ0n) is 14.3. The van der Waals surface area contributed by atoms with Gasteiger partial charge < -0.3 is 10.2 Å². The third kappa shape index (κ3) is 4.82. The number of likely N-dealkylation sites (tertiary alicyclic amines) is 1. The number of aryl methyl sites for hydroxylation is 2. The Bertz CT molecular complexity index is 430. The number of rotatable bonds is 8. The van der Waals surface area contributed by atoms with Gasteiger partial charge in [-0.25, -0.2) is 0 Å². The number of hydrogen-bond acceptors (Lipinski definition) is 3. The van der Waals surface area contributed by atoms with E-state index in [1.165, 1.54) is 55.8 Å². The third-order valence-electron chi connectivity index (χ3n) is 4.43. The fourth-order valence-electron chi connectivity index (χ4n) is 3.14. The molecule has 1 aromatic heterocycles. The van der Waals surface area contributed by atoms with Crippen LogP contribution in [0, 0.1) is 19.8 Å². The lowest BCUT2D eigenvalue weighted by molar-refractivity contribution is 0.321. The smallest absolute Gasteiger partial charge is 0.0641 e. The number of hydrogen-bond donors (Lipinski definition) is 1. The van der Waals surface area contributed by atoms with Crippen molar-refractivity contribution in [1.82, 2.24) is 20.0 Å². The van der Waals surface area contributed by atoms with Crippen LogP contribution in [0.4, 0.5) is 0 Å². The maximum absolute atomic E-state index is 4.73. The standard InChI is InChI=1S/C17H32N4/c1-14(2)12-18-13-17-15(3)19-21(16(17)4)11-7-10-20-8-5-6-9-20/h14,18H,5-13H2,1-4H3. The van der Waals surface area contributed by atoms with Gasteiger partial charge in [0.2, 0.25) is 0 Å². The van der Waals surface area contributed by atoms with E-state index in [1.54, 1.807) is 0 Å². The van der Waals surface area contributed by atoms with Gasteiger partial charge in [-0.2, -0.15) is 5.10 Å². The summed E-state index contributed by atoms with van der Waals surface area (Å²) in [6.45, 7) is 15.7. The van der Waals surface area contributed by atoms with E-state index < -0.39 is 0 Å². The van der Waals surface area contributed by atoms with E-state index in [4.69, 9.17) is 5.10 Å². The molecule has 21 heavy (non-hydrogen) atoms. The molecule has 0 bridgehead atoms. The highest BCUT2D eigenvalue weighted by Crippen LogP contribution is 2.14. The fraction of sp³-hybridized carbons (Fsp3) is 0.824. The van der Waals surface area contributed by atoms with Gasteiger partial charge in [-0.1, -0.05) is 13.8 Å². The second-order valence-electron chi connectivity index (χ2n) is 6.80. The molecule has 4 nitrogen and oxygen atoms in total. The molecule has 0 aliphatic carbocycles. The van der Waals surface area contributed by atoms with E-state index in [0.717, 1.165) is 19.6 Å². The van der Waals surface area contributed by atoms with Crippen molar-refractivity contribution in [3.63, 3.8) is 0 Å². The SMILES string of the molecule is Cc1nn(CCCN2CCCC2)c(C)c1CNCC(C)C. The molecule has 1 aromatic rings. The van der Waals surface area contributed by atoms with Gasteiger partial charge in [0, 0.05) is 24.3 Å². The summed E-state index contributed by atoms with van der Waals surface area (Å²) in [4.78, 5) is 2.58. The third-order valence-corrected chi connectivity index (χ3v) is 4.43. The second kappa shape index (κ2) is 7.95. The zero-order chi connectivity index (χ0) is 15.2. The Kier molecular flexibility index (Phi) is 6.24. The van der Waals surface area contributed by atoms with E-state index >= 15 is 0 Å². The van der Waals surface area contributed by atoms with Crippen molar-refractivity contribution in [1.29, 1.82) is 0 Å². The van der Waals surface area contributed by atoms with Crippen LogP contribution >= 0.6 is 0 Å². The molecule has 4 heteroatoms. The molecular formula is C17H32N4. The summed E-state index contributed by atoms with van der Waals surface area (Å²) < 4.78 is 2.21. The zero-order valence-corrected chi connectivity index (χ0v) is 14.3. The summed E-state index contributed by atoms with van der Waals surface area (Å²) in [5, 5.41) is 8.27. The molecule has 0 radical (unpaired) electrons. The summed E-state index contributed by atoms with van der Waals surface area (Å²) >= 11 is 0. The molecule has 1 aliphatic heterocycles. The summed E-state index contributed by atoms with van der Waals surface area (Å²) in [5.74, 6) is 0.695. The van der Waals surface area contributed by atoms with Crippen molar-refractivity contribution in [3.05, 3.63) is 17.0 Å². The first kappa shape index (κ1) is 16.5. The Balaban J connectivity index is 1.82. The summed E-state index contributed by atoms with van der Waals surface area (Å²) in [6, 6.07) is 0. The van der Waals surface area contributed by atoms with Crippen LogP contribution < -0.4 is 5.32 Å². The molecule has 1 saturated heterocycles. The molecule has 2 rings (SSSR count). The van der Waals surface area contributed by atoms with Gasteiger partial charge in [0.05, 0.1) is 5.69 Å². The van der Waals surface area contributed by atoms with Crippen LogP contribution in [-0.2, 0) is 13.1 Å².